The lowest BCUT2D eigenvalue weighted by atomic mass is 10.2. The summed E-state index contributed by atoms with van der Waals surface area (Å²) in [7, 11) is 0. The molecule has 0 aliphatic rings. The molecule has 0 fully saturated rings. The fraction of sp³-hybridized carbons (Fsp3) is 0.462. The van der Waals surface area contributed by atoms with Gasteiger partial charge in [0.2, 0.25) is 0 Å². The Morgan fingerprint density at radius 1 is 1.28 bits per heavy atom. The maximum atomic E-state index is 11.5. The zero-order valence-corrected chi connectivity index (χ0v) is 10.8. The fourth-order valence-electron chi connectivity index (χ4n) is 2.01. The highest BCUT2D eigenvalue weighted by Gasteiger charge is 2.08. The zero-order valence-electron chi connectivity index (χ0n) is 10.8. The van der Waals surface area contributed by atoms with Crippen molar-refractivity contribution in [1.82, 2.24) is 19.3 Å². The highest BCUT2D eigenvalue weighted by atomic mass is 16.1. The summed E-state index contributed by atoms with van der Waals surface area (Å²) in [4.78, 5) is 15.2. The van der Waals surface area contributed by atoms with Gasteiger partial charge in [-0.1, -0.05) is 13.8 Å². The number of nitrogens with zero attached hydrogens (tertiary/aromatic N) is 4. The van der Waals surface area contributed by atoms with Crippen molar-refractivity contribution >= 4 is 0 Å². The molecular weight excluding hydrogens is 228 g/mol. The Kier molecular flexibility index (Phi) is 3.92. The Balaban J connectivity index is 2.16. The van der Waals surface area contributed by atoms with Gasteiger partial charge in [0.05, 0.1) is 18.3 Å². The van der Waals surface area contributed by atoms with Crippen LogP contribution in [0.4, 0.5) is 0 Å². The molecule has 0 saturated heterocycles. The van der Waals surface area contributed by atoms with Gasteiger partial charge in [-0.3, -0.25) is 9.25 Å². The average molecular weight is 246 g/mol. The molecule has 5 nitrogen and oxygen atoms in total. The molecule has 0 spiro atoms. The van der Waals surface area contributed by atoms with Crippen LogP contribution in [0.15, 0.2) is 35.5 Å². The van der Waals surface area contributed by atoms with Crippen molar-refractivity contribution in [2.24, 2.45) is 0 Å². The summed E-state index contributed by atoms with van der Waals surface area (Å²) in [5.74, 6) is 0. The molecule has 2 aromatic heterocycles. The van der Waals surface area contributed by atoms with E-state index >= 15 is 0 Å². The summed E-state index contributed by atoms with van der Waals surface area (Å²) in [6, 6.07) is 4.14. The number of hydrogen-bond donors (Lipinski definition) is 0. The van der Waals surface area contributed by atoms with Gasteiger partial charge >= 0.3 is 5.69 Å². The normalized spacial score (nSPS) is 11.1. The van der Waals surface area contributed by atoms with Gasteiger partial charge in [-0.05, 0) is 25.0 Å². The first-order chi connectivity index (χ1) is 8.74. The SMILES string of the molecule is CCC(CC)n1ccc(Cn2cccnc2=O)n1. The highest BCUT2D eigenvalue weighted by molar-refractivity contribution is 5.01. The van der Waals surface area contributed by atoms with E-state index in [0.29, 0.717) is 12.6 Å². The summed E-state index contributed by atoms with van der Waals surface area (Å²) < 4.78 is 3.54. The first-order valence-corrected chi connectivity index (χ1v) is 6.30. The Hall–Kier alpha value is -1.91. The third-order valence-corrected chi connectivity index (χ3v) is 3.10. The fourth-order valence-corrected chi connectivity index (χ4v) is 2.01. The molecule has 0 amide bonds. The van der Waals surface area contributed by atoms with E-state index in [0.717, 1.165) is 18.5 Å². The molecule has 0 radical (unpaired) electrons. The molecule has 96 valence electrons. The molecule has 0 aliphatic heterocycles. The predicted molar refractivity (Wildman–Crippen MR) is 69.4 cm³/mol. The van der Waals surface area contributed by atoms with E-state index < -0.39 is 0 Å². The molecule has 0 aromatic carbocycles. The molecule has 0 saturated carbocycles. The molecule has 0 bridgehead atoms. The van der Waals surface area contributed by atoms with E-state index in [9.17, 15) is 4.79 Å². The Morgan fingerprint density at radius 3 is 2.72 bits per heavy atom. The summed E-state index contributed by atoms with van der Waals surface area (Å²) in [5.41, 5.74) is 0.645. The Labute approximate surface area is 106 Å². The van der Waals surface area contributed by atoms with Crippen molar-refractivity contribution in [3.05, 3.63) is 46.9 Å². The third kappa shape index (κ3) is 2.67. The number of aromatic nitrogens is 4. The van der Waals surface area contributed by atoms with Crippen LogP contribution in [0.1, 0.15) is 38.4 Å². The van der Waals surface area contributed by atoms with E-state index in [4.69, 9.17) is 0 Å². The molecule has 2 rings (SSSR count). The van der Waals surface area contributed by atoms with Crippen LogP contribution in [0.2, 0.25) is 0 Å². The van der Waals surface area contributed by atoms with Gasteiger partial charge < -0.3 is 0 Å². The first-order valence-electron chi connectivity index (χ1n) is 6.30. The van der Waals surface area contributed by atoms with Crippen molar-refractivity contribution in [3.8, 4) is 0 Å². The van der Waals surface area contributed by atoms with Crippen LogP contribution in [-0.4, -0.2) is 19.3 Å². The van der Waals surface area contributed by atoms with Gasteiger partial charge in [0.25, 0.3) is 0 Å². The lowest BCUT2D eigenvalue weighted by molar-refractivity contribution is 0.424. The topological polar surface area (TPSA) is 52.7 Å². The smallest absolute Gasteiger partial charge is 0.293 e. The quantitative estimate of drug-likeness (QED) is 0.809. The van der Waals surface area contributed by atoms with Gasteiger partial charge in [-0.25, -0.2) is 9.78 Å². The van der Waals surface area contributed by atoms with Gasteiger partial charge in [-0.15, -0.1) is 0 Å². The van der Waals surface area contributed by atoms with Crippen LogP contribution in [0, 0.1) is 0 Å². The molecule has 0 unspecified atom stereocenters. The van der Waals surface area contributed by atoms with Crippen molar-refractivity contribution in [3.63, 3.8) is 0 Å². The maximum absolute atomic E-state index is 11.5. The second-order valence-electron chi connectivity index (χ2n) is 4.29. The van der Waals surface area contributed by atoms with Crippen LogP contribution in [0.3, 0.4) is 0 Å². The molecule has 0 atom stereocenters. The van der Waals surface area contributed by atoms with Crippen molar-refractivity contribution in [2.75, 3.05) is 0 Å². The van der Waals surface area contributed by atoms with E-state index in [-0.39, 0.29) is 5.69 Å². The lowest BCUT2D eigenvalue weighted by Gasteiger charge is -2.12. The van der Waals surface area contributed by atoms with Crippen LogP contribution in [-0.2, 0) is 6.54 Å². The zero-order chi connectivity index (χ0) is 13.0. The van der Waals surface area contributed by atoms with E-state index in [2.05, 4.69) is 23.9 Å². The second kappa shape index (κ2) is 5.62. The largest absolute Gasteiger partial charge is 0.347 e. The minimum atomic E-state index is -0.241. The minimum absolute atomic E-state index is 0.241. The highest BCUT2D eigenvalue weighted by Crippen LogP contribution is 2.14. The molecule has 0 N–H and O–H groups in total. The molecular formula is C13H18N4O. The molecule has 2 heterocycles. The molecule has 2 aromatic rings. The molecule has 5 heteroatoms. The number of hydrogen-bond acceptors (Lipinski definition) is 3. The van der Waals surface area contributed by atoms with Crippen LogP contribution < -0.4 is 5.69 Å². The average Bonchev–Trinajstić information content (AvgIpc) is 2.82. The summed E-state index contributed by atoms with van der Waals surface area (Å²) >= 11 is 0. The summed E-state index contributed by atoms with van der Waals surface area (Å²) in [6.45, 7) is 4.78. The molecule has 0 aliphatic carbocycles. The van der Waals surface area contributed by atoms with E-state index in [1.54, 1.807) is 16.8 Å². The van der Waals surface area contributed by atoms with Crippen molar-refractivity contribution < 1.29 is 0 Å². The third-order valence-electron chi connectivity index (χ3n) is 3.10. The molecule has 18 heavy (non-hydrogen) atoms. The van der Waals surface area contributed by atoms with Crippen molar-refractivity contribution in [1.29, 1.82) is 0 Å². The van der Waals surface area contributed by atoms with Crippen LogP contribution >= 0.6 is 0 Å². The Bertz CT molecular complexity index is 554. The predicted octanol–water partition coefficient (Wildman–Crippen LogP) is 1.85. The lowest BCUT2D eigenvalue weighted by Crippen LogP contribution is -2.22. The van der Waals surface area contributed by atoms with Gasteiger partial charge in [0.1, 0.15) is 0 Å². The second-order valence-corrected chi connectivity index (χ2v) is 4.29. The Morgan fingerprint density at radius 2 is 2.06 bits per heavy atom. The van der Waals surface area contributed by atoms with Gasteiger partial charge in [0.15, 0.2) is 0 Å². The standard InChI is InChI=1S/C13H18N4O/c1-3-12(4-2)17-9-6-11(15-17)10-16-8-5-7-14-13(16)18/h5-9,12H,3-4,10H2,1-2H3. The summed E-state index contributed by atoms with van der Waals surface area (Å²) in [5, 5.41) is 4.52. The van der Waals surface area contributed by atoms with E-state index in [1.807, 2.05) is 16.9 Å². The minimum Gasteiger partial charge on any atom is -0.293 e. The monoisotopic (exact) mass is 246 g/mol. The van der Waals surface area contributed by atoms with Crippen molar-refractivity contribution in [2.45, 2.75) is 39.3 Å². The maximum Gasteiger partial charge on any atom is 0.347 e. The van der Waals surface area contributed by atoms with Crippen LogP contribution in [0.25, 0.3) is 0 Å². The van der Waals surface area contributed by atoms with Gasteiger partial charge in [-0.2, -0.15) is 5.10 Å². The van der Waals surface area contributed by atoms with E-state index in [1.165, 1.54) is 6.20 Å². The number of rotatable bonds is 5. The summed E-state index contributed by atoms with van der Waals surface area (Å²) in [6.07, 6.45) is 7.33. The first kappa shape index (κ1) is 12.5. The van der Waals surface area contributed by atoms with Gasteiger partial charge in [0, 0.05) is 18.6 Å². The van der Waals surface area contributed by atoms with Crippen LogP contribution in [0.5, 0.6) is 0 Å².